The van der Waals surface area contributed by atoms with E-state index >= 15 is 0 Å². The van der Waals surface area contributed by atoms with E-state index in [0.29, 0.717) is 37.0 Å². The van der Waals surface area contributed by atoms with E-state index in [1.165, 1.54) is 9.21 Å². The number of H-pyrrole nitrogens is 1. The van der Waals surface area contributed by atoms with Gasteiger partial charge in [-0.15, -0.1) is 0 Å². The molecule has 1 amide bonds. The Kier molecular flexibility index (Phi) is 8.15. The molecule has 5 rings (SSSR count). The van der Waals surface area contributed by atoms with Crippen LogP contribution in [0.3, 0.4) is 0 Å². The smallest absolute Gasteiger partial charge is 0.236 e. The van der Waals surface area contributed by atoms with Crippen molar-refractivity contribution in [2.24, 2.45) is 0 Å². The Morgan fingerprint density at radius 1 is 1.33 bits per heavy atom. The molecule has 2 aliphatic heterocycles. The first-order valence-corrected chi connectivity index (χ1v) is 15.1. The van der Waals surface area contributed by atoms with Crippen LogP contribution >= 0.6 is 0 Å². The topological polar surface area (TPSA) is 160 Å². The van der Waals surface area contributed by atoms with Crippen molar-refractivity contribution in [1.29, 1.82) is 5.26 Å². The molecule has 2 aliphatic rings. The van der Waals surface area contributed by atoms with E-state index in [1.807, 2.05) is 30.0 Å². The average Bonchev–Trinajstić information content (AvgIpc) is 3.45. The Balaban J connectivity index is 1.50. The number of hydrogen-bond donors (Lipinski definition) is 2. The van der Waals surface area contributed by atoms with Crippen molar-refractivity contribution in [1.82, 2.24) is 29.4 Å². The zero-order valence-corrected chi connectivity index (χ0v) is 24.6. The van der Waals surface area contributed by atoms with Crippen molar-refractivity contribution in [2.75, 3.05) is 50.5 Å². The third-order valence-electron chi connectivity index (χ3n) is 7.44. The first-order chi connectivity index (χ1) is 20.1. The Hall–Kier alpha value is -4.48. The quantitative estimate of drug-likeness (QED) is 0.378. The highest BCUT2D eigenvalue weighted by Gasteiger charge is 2.36. The van der Waals surface area contributed by atoms with Crippen LogP contribution in [0, 0.1) is 18.3 Å². The molecule has 14 heteroatoms. The fourth-order valence-corrected chi connectivity index (χ4v) is 6.33. The number of piperazine rings is 1. The lowest BCUT2D eigenvalue weighted by molar-refractivity contribution is -0.128. The summed E-state index contributed by atoms with van der Waals surface area (Å²) in [4.78, 5) is 25.1. The van der Waals surface area contributed by atoms with Crippen molar-refractivity contribution < 1.29 is 17.9 Å². The van der Waals surface area contributed by atoms with Gasteiger partial charge in [-0.2, -0.15) is 24.6 Å². The highest BCUT2D eigenvalue weighted by molar-refractivity contribution is 7.92. The second-order valence-corrected chi connectivity index (χ2v) is 12.2. The number of aromatic amines is 1. The molecule has 0 unspecified atom stereocenters. The van der Waals surface area contributed by atoms with Gasteiger partial charge in [0.05, 0.1) is 35.8 Å². The molecule has 0 bridgehead atoms. The van der Waals surface area contributed by atoms with Gasteiger partial charge in [-0.25, -0.2) is 8.42 Å². The third kappa shape index (κ3) is 5.65. The molecule has 13 nitrogen and oxygen atoms in total. The molecule has 2 N–H and O–H groups in total. The standard InChI is InChI=1S/C28H33N9O4S/c1-5-42(39,40)37-15-14-36(17-19(37)10-12-29)26-20-7-9-23(25-18(2)6-8-22-21(25)16-31-34-22)41-27(20)33-28(32-26)30-13-11-24(38)35(3)4/h5-6,8-9,16,19H,1,7,10-11,13-15,17H2,2-4H3,(H,31,34)(H,30,32,33)/t19-/m0/s1. The lowest BCUT2D eigenvalue weighted by Gasteiger charge is -2.40. The van der Waals surface area contributed by atoms with Crippen LogP contribution in [0.25, 0.3) is 16.7 Å². The molecule has 1 atom stereocenters. The van der Waals surface area contributed by atoms with Crippen molar-refractivity contribution >= 4 is 44.4 Å². The summed E-state index contributed by atoms with van der Waals surface area (Å²) < 4.78 is 33.0. The number of nitriles is 1. The molecule has 220 valence electrons. The number of sulfonamides is 1. The van der Waals surface area contributed by atoms with Crippen LogP contribution in [0.15, 0.2) is 36.4 Å². The minimum absolute atomic E-state index is 0.0170. The summed E-state index contributed by atoms with van der Waals surface area (Å²) in [7, 11) is -0.313. The Morgan fingerprint density at radius 3 is 2.88 bits per heavy atom. The lowest BCUT2D eigenvalue weighted by Crippen LogP contribution is -2.55. The number of nitrogens with one attached hydrogen (secondary N) is 2. The van der Waals surface area contributed by atoms with Crippen molar-refractivity contribution in [3.8, 4) is 11.9 Å². The Morgan fingerprint density at radius 2 is 2.14 bits per heavy atom. The van der Waals surface area contributed by atoms with Crippen LogP contribution in [-0.2, 0) is 21.2 Å². The van der Waals surface area contributed by atoms with Gasteiger partial charge in [0.15, 0.2) is 0 Å². The van der Waals surface area contributed by atoms with Gasteiger partial charge in [0.1, 0.15) is 11.6 Å². The fourth-order valence-electron chi connectivity index (χ4n) is 5.24. The average molecular weight is 592 g/mol. The van der Waals surface area contributed by atoms with Gasteiger partial charge in [0.2, 0.25) is 27.8 Å². The molecule has 1 fully saturated rings. The monoisotopic (exact) mass is 591 g/mol. The van der Waals surface area contributed by atoms with E-state index in [0.717, 1.165) is 33.0 Å². The number of aromatic nitrogens is 4. The van der Waals surface area contributed by atoms with E-state index in [9.17, 15) is 18.5 Å². The first-order valence-electron chi connectivity index (χ1n) is 13.5. The zero-order chi connectivity index (χ0) is 30.0. The van der Waals surface area contributed by atoms with E-state index in [1.54, 1.807) is 20.3 Å². The van der Waals surface area contributed by atoms with Crippen LogP contribution in [0.5, 0.6) is 5.88 Å². The number of aryl methyl sites for hydroxylation is 1. The lowest BCUT2D eigenvalue weighted by atomic mass is 9.99. The van der Waals surface area contributed by atoms with Crippen molar-refractivity contribution in [3.05, 3.63) is 53.1 Å². The van der Waals surface area contributed by atoms with Crippen molar-refractivity contribution in [3.63, 3.8) is 0 Å². The minimum atomic E-state index is -3.71. The SMILES string of the molecule is C=CS(=O)(=O)N1CCN(c2nc(NCCC(=O)N(C)C)nc3c2CC=C(c2c(C)ccc4[nH]ncc24)O3)C[C@@H]1CC#N. The number of allylic oxidation sites excluding steroid dienone is 1. The van der Waals surface area contributed by atoms with Gasteiger partial charge in [0.25, 0.3) is 0 Å². The van der Waals surface area contributed by atoms with Gasteiger partial charge in [0, 0.05) is 69.5 Å². The first kappa shape index (κ1) is 29.0. The highest BCUT2D eigenvalue weighted by Crippen LogP contribution is 2.38. The Labute approximate surface area is 244 Å². The number of rotatable bonds is 9. The molecule has 42 heavy (non-hydrogen) atoms. The maximum Gasteiger partial charge on any atom is 0.236 e. The molecule has 0 saturated carbocycles. The molecule has 2 aromatic heterocycles. The summed E-state index contributed by atoms with van der Waals surface area (Å²) in [6, 6.07) is 5.50. The van der Waals surface area contributed by atoms with Crippen LogP contribution in [0.1, 0.15) is 29.5 Å². The number of nitrogens with zero attached hydrogens (tertiary/aromatic N) is 7. The number of carbonyl (C=O) groups is 1. The van der Waals surface area contributed by atoms with Crippen LogP contribution in [0.2, 0.25) is 0 Å². The van der Waals surface area contributed by atoms with Crippen LogP contribution in [0.4, 0.5) is 11.8 Å². The number of fused-ring (bicyclic) bond motifs is 2. The van der Waals surface area contributed by atoms with Gasteiger partial charge >= 0.3 is 0 Å². The molecule has 4 heterocycles. The number of anilines is 2. The number of ether oxygens (including phenoxy) is 1. The van der Waals surface area contributed by atoms with E-state index in [-0.39, 0.29) is 37.8 Å². The molecule has 0 radical (unpaired) electrons. The van der Waals surface area contributed by atoms with Crippen LogP contribution in [-0.4, -0.2) is 90.0 Å². The number of amides is 1. The van der Waals surface area contributed by atoms with E-state index in [4.69, 9.17) is 9.72 Å². The second kappa shape index (κ2) is 11.8. The van der Waals surface area contributed by atoms with Gasteiger partial charge in [-0.05, 0) is 24.6 Å². The van der Waals surface area contributed by atoms with Crippen molar-refractivity contribution in [2.45, 2.75) is 32.2 Å². The Bertz CT molecular complexity index is 1710. The molecular weight excluding hydrogens is 558 g/mol. The minimum Gasteiger partial charge on any atom is -0.438 e. The maximum absolute atomic E-state index is 12.6. The predicted molar refractivity (Wildman–Crippen MR) is 159 cm³/mol. The summed E-state index contributed by atoms with van der Waals surface area (Å²) in [6.45, 7) is 6.54. The zero-order valence-electron chi connectivity index (χ0n) is 23.8. The number of hydrogen-bond acceptors (Lipinski definition) is 10. The largest absolute Gasteiger partial charge is 0.438 e. The molecule has 0 spiro atoms. The summed E-state index contributed by atoms with van der Waals surface area (Å²) in [5.74, 6) is 1.86. The van der Waals surface area contributed by atoms with E-state index in [2.05, 4.69) is 33.1 Å². The summed E-state index contributed by atoms with van der Waals surface area (Å²) in [5, 5.41) is 21.6. The molecule has 3 aromatic rings. The second-order valence-electron chi connectivity index (χ2n) is 10.4. The van der Waals surface area contributed by atoms with Crippen LogP contribution < -0.4 is 15.0 Å². The normalized spacial score (nSPS) is 17.1. The maximum atomic E-state index is 12.6. The molecule has 1 saturated heterocycles. The summed E-state index contributed by atoms with van der Waals surface area (Å²) in [5.41, 5.74) is 3.57. The molecular formula is C28H33N9O4S. The molecule has 0 aliphatic carbocycles. The molecule has 1 aromatic carbocycles. The number of carbonyl (C=O) groups excluding carboxylic acids is 1. The number of benzene rings is 1. The van der Waals surface area contributed by atoms with Gasteiger partial charge in [-0.3, -0.25) is 9.89 Å². The fraction of sp³-hybridized carbons (Fsp3) is 0.393. The van der Waals surface area contributed by atoms with Gasteiger partial charge < -0.3 is 19.9 Å². The van der Waals surface area contributed by atoms with E-state index < -0.39 is 16.1 Å². The predicted octanol–water partition coefficient (Wildman–Crippen LogP) is 2.41. The summed E-state index contributed by atoms with van der Waals surface area (Å²) >= 11 is 0. The summed E-state index contributed by atoms with van der Waals surface area (Å²) in [6.07, 6.45) is 4.49. The third-order valence-corrected chi connectivity index (χ3v) is 8.99. The highest BCUT2D eigenvalue weighted by atomic mass is 32.2. The van der Waals surface area contributed by atoms with Gasteiger partial charge in [-0.1, -0.05) is 12.6 Å².